The van der Waals surface area contributed by atoms with Gasteiger partial charge in [0.1, 0.15) is 5.01 Å². The fourth-order valence-corrected chi connectivity index (χ4v) is 2.28. The molecule has 0 saturated heterocycles. The lowest BCUT2D eigenvalue weighted by Gasteiger charge is -2.12. The molecule has 0 aliphatic rings. The minimum Gasteiger partial charge on any atom is -0.464 e. The van der Waals surface area contributed by atoms with Crippen molar-refractivity contribution >= 4 is 23.2 Å². The van der Waals surface area contributed by atoms with Crippen molar-refractivity contribution in [3.05, 3.63) is 16.1 Å². The molecule has 1 unspecified atom stereocenters. The lowest BCUT2D eigenvalue weighted by Crippen LogP contribution is -2.15. The average molecular weight is 295 g/mol. The third kappa shape index (κ3) is 3.52. The van der Waals surface area contributed by atoms with Crippen molar-refractivity contribution in [1.29, 1.82) is 0 Å². The summed E-state index contributed by atoms with van der Waals surface area (Å²) in [6.45, 7) is 6.32. The highest BCUT2D eigenvalue weighted by Crippen LogP contribution is 2.22. The Labute approximate surface area is 120 Å². The van der Waals surface area contributed by atoms with Crippen LogP contribution in [-0.2, 0) is 0 Å². The largest absolute Gasteiger partial charge is 0.464 e. The maximum atomic E-state index is 5.33. The maximum absolute atomic E-state index is 5.33. The van der Waals surface area contributed by atoms with E-state index in [1.807, 2.05) is 27.0 Å². The number of rotatable bonds is 6. The van der Waals surface area contributed by atoms with Crippen molar-refractivity contribution in [3.63, 3.8) is 0 Å². The topological polar surface area (TPSA) is 111 Å². The Bertz CT molecular complexity index is 574. The highest BCUT2D eigenvalue weighted by atomic mass is 32.1. The number of ether oxygens (including phenoxy) is 1. The highest BCUT2D eigenvalue weighted by Gasteiger charge is 2.13. The zero-order valence-electron chi connectivity index (χ0n) is 11.5. The maximum Gasteiger partial charge on any atom is 0.323 e. The van der Waals surface area contributed by atoms with Crippen LogP contribution in [0.3, 0.4) is 0 Å². The molecule has 2 aromatic heterocycles. The second-order valence-electron chi connectivity index (χ2n) is 4.02. The number of thiazole rings is 1. The number of hydrazine groups is 1. The molecule has 8 nitrogen and oxygen atoms in total. The molecule has 0 aromatic carbocycles. The Morgan fingerprint density at radius 3 is 2.70 bits per heavy atom. The Hall–Kier alpha value is -2.00. The normalized spacial score (nSPS) is 12.0. The summed E-state index contributed by atoms with van der Waals surface area (Å²) in [5.74, 6) is 5.96. The van der Waals surface area contributed by atoms with Gasteiger partial charge in [-0.15, -0.1) is 11.3 Å². The van der Waals surface area contributed by atoms with Gasteiger partial charge >= 0.3 is 6.01 Å². The highest BCUT2D eigenvalue weighted by molar-refractivity contribution is 7.11. The second kappa shape index (κ2) is 6.44. The Morgan fingerprint density at radius 2 is 2.10 bits per heavy atom. The second-order valence-corrected chi connectivity index (χ2v) is 5.28. The van der Waals surface area contributed by atoms with Crippen molar-refractivity contribution in [2.45, 2.75) is 26.8 Å². The van der Waals surface area contributed by atoms with E-state index < -0.39 is 0 Å². The van der Waals surface area contributed by atoms with E-state index in [1.165, 1.54) is 0 Å². The van der Waals surface area contributed by atoms with Gasteiger partial charge in [0.05, 0.1) is 12.6 Å². The first kappa shape index (κ1) is 14.4. The van der Waals surface area contributed by atoms with Crippen LogP contribution in [0, 0.1) is 6.92 Å². The van der Waals surface area contributed by atoms with Gasteiger partial charge in [-0.3, -0.25) is 5.43 Å². The predicted molar refractivity (Wildman–Crippen MR) is 77.7 cm³/mol. The van der Waals surface area contributed by atoms with E-state index in [0.29, 0.717) is 12.6 Å². The molecule has 0 saturated carbocycles. The molecule has 2 heterocycles. The van der Waals surface area contributed by atoms with Crippen LogP contribution in [0.4, 0.5) is 11.9 Å². The van der Waals surface area contributed by atoms with Crippen LogP contribution >= 0.6 is 11.3 Å². The number of nitrogens with zero attached hydrogens (tertiary/aromatic N) is 4. The quantitative estimate of drug-likeness (QED) is 0.543. The lowest BCUT2D eigenvalue weighted by molar-refractivity contribution is 0.312. The summed E-state index contributed by atoms with van der Waals surface area (Å²) in [7, 11) is 0. The predicted octanol–water partition coefficient (Wildman–Crippen LogP) is 1.49. The first-order valence-corrected chi connectivity index (χ1v) is 6.98. The fraction of sp³-hybridized carbons (Fsp3) is 0.455. The van der Waals surface area contributed by atoms with E-state index in [4.69, 9.17) is 10.6 Å². The molecule has 1 atom stereocenters. The van der Waals surface area contributed by atoms with Gasteiger partial charge in [-0.05, 0) is 20.8 Å². The number of anilines is 2. The van der Waals surface area contributed by atoms with E-state index in [-0.39, 0.29) is 18.0 Å². The summed E-state index contributed by atoms with van der Waals surface area (Å²) < 4.78 is 5.27. The van der Waals surface area contributed by atoms with E-state index in [1.54, 1.807) is 11.3 Å². The monoisotopic (exact) mass is 295 g/mol. The molecule has 108 valence electrons. The number of nitrogens with two attached hydrogens (primary N) is 1. The van der Waals surface area contributed by atoms with E-state index in [9.17, 15) is 0 Å². The summed E-state index contributed by atoms with van der Waals surface area (Å²) in [6.07, 6.45) is 1.84. The third-order valence-electron chi connectivity index (χ3n) is 2.37. The molecule has 0 amide bonds. The molecule has 20 heavy (non-hydrogen) atoms. The van der Waals surface area contributed by atoms with Gasteiger partial charge in [0.2, 0.25) is 11.9 Å². The van der Waals surface area contributed by atoms with Crippen LogP contribution in [0.25, 0.3) is 0 Å². The molecule has 9 heteroatoms. The molecule has 0 aliphatic carbocycles. The van der Waals surface area contributed by atoms with Gasteiger partial charge in [0.15, 0.2) is 0 Å². The standard InChI is InChI=1S/C11H17N7OS/c1-4-19-11-16-9(15-10(17-11)18-12)14-7(3)8-13-5-6(2)20-8/h5,7H,4,12H2,1-3H3,(H2,14,15,16,17,18). The molecule has 0 aliphatic heterocycles. The van der Waals surface area contributed by atoms with Gasteiger partial charge < -0.3 is 10.1 Å². The molecule has 0 spiro atoms. The van der Waals surface area contributed by atoms with Crippen LogP contribution in [0.15, 0.2) is 6.20 Å². The van der Waals surface area contributed by atoms with Crippen LogP contribution in [-0.4, -0.2) is 26.5 Å². The van der Waals surface area contributed by atoms with Crippen molar-refractivity contribution in [3.8, 4) is 6.01 Å². The zero-order valence-corrected chi connectivity index (χ0v) is 12.4. The third-order valence-corrected chi connectivity index (χ3v) is 3.47. The van der Waals surface area contributed by atoms with Gasteiger partial charge in [-0.1, -0.05) is 0 Å². The van der Waals surface area contributed by atoms with E-state index in [0.717, 1.165) is 9.88 Å². The number of hydrogen-bond acceptors (Lipinski definition) is 9. The first-order chi connectivity index (χ1) is 9.62. The summed E-state index contributed by atoms with van der Waals surface area (Å²) in [4.78, 5) is 17.8. The van der Waals surface area contributed by atoms with Crippen LogP contribution in [0.5, 0.6) is 6.01 Å². The minimum atomic E-state index is -0.0174. The summed E-state index contributed by atoms with van der Waals surface area (Å²) in [6, 6.07) is 0.205. The average Bonchev–Trinajstić information content (AvgIpc) is 2.85. The zero-order chi connectivity index (χ0) is 14.5. The molecule has 2 aromatic rings. The summed E-state index contributed by atoms with van der Waals surface area (Å²) in [5.41, 5.74) is 2.39. The number of aromatic nitrogens is 4. The minimum absolute atomic E-state index is 0.0174. The smallest absolute Gasteiger partial charge is 0.323 e. The van der Waals surface area contributed by atoms with Crippen molar-refractivity contribution in [2.75, 3.05) is 17.3 Å². The SMILES string of the molecule is CCOc1nc(NN)nc(NC(C)c2ncc(C)s2)n1. The van der Waals surface area contributed by atoms with Gasteiger partial charge in [-0.2, -0.15) is 15.0 Å². The summed E-state index contributed by atoms with van der Waals surface area (Å²) in [5, 5.41) is 4.12. The fourth-order valence-electron chi connectivity index (χ4n) is 1.51. The Balaban J connectivity index is 2.17. The van der Waals surface area contributed by atoms with E-state index in [2.05, 4.69) is 30.7 Å². The molecule has 4 N–H and O–H groups in total. The van der Waals surface area contributed by atoms with Crippen LogP contribution in [0.1, 0.15) is 29.8 Å². The number of hydrogen-bond donors (Lipinski definition) is 3. The summed E-state index contributed by atoms with van der Waals surface area (Å²) >= 11 is 1.62. The van der Waals surface area contributed by atoms with Gasteiger partial charge in [0, 0.05) is 11.1 Å². The van der Waals surface area contributed by atoms with Crippen molar-refractivity contribution < 1.29 is 4.74 Å². The lowest BCUT2D eigenvalue weighted by atomic mass is 10.4. The Morgan fingerprint density at radius 1 is 1.35 bits per heavy atom. The first-order valence-electron chi connectivity index (χ1n) is 6.16. The molecular weight excluding hydrogens is 278 g/mol. The van der Waals surface area contributed by atoms with Crippen LogP contribution < -0.4 is 21.3 Å². The number of nitrogen functional groups attached to an aromatic ring is 1. The molecule has 2 rings (SSSR count). The van der Waals surface area contributed by atoms with Crippen molar-refractivity contribution in [2.24, 2.45) is 5.84 Å². The van der Waals surface area contributed by atoms with Gasteiger partial charge in [-0.25, -0.2) is 10.8 Å². The number of aryl methyl sites for hydroxylation is 1. The number of nitrogens with one attached hydrogen (secondary N) is 2. The molecule has 0 bridgehead atoms. The molecular formula is C11H17N7OS. The van der Waals surface area contributed by atoms with E-state index >= 15 is 0 Å². The van der Waals surface area contributed by atoms with Crippen molar-refractivity contribution in [1.82, 2.24) is 19.9 Å². The van der Waals surface area contributed by atoms with Gasteiger partial charge in [0.25, 0.3) is 0 Å². The molecule has 0 fully saturated rings. The molecule has 0 radical (unpaired) electrons. The Kier molecular flexibility index (Phi) is 4.64. The van der Waals surface area contributed by atoms with Crippen LogP contribution in [0.2, 0.25) is 0 Å².